The van der Waals surface area contributed by atoms with Gasteiger partial charge in [0.05, 0.1) is 6.61 Å². The van der Waals surface area contributed by atoms with Gasteiger partial charge < -0.3 is 9.64 Å². The number of amides is 1. The Morgan fingerprint density at radius 1 is 1.33 bits per heavy atom. The maximum Gasteiger partial charge on any atom is 0.226 e. The Morgan fingerprint density at radius 2 is 2.11 bits per heavy atom. The maximum absolute atomic E-state index is 11.5. The van der Waals surface area contributed by atoms with E-state index < -0.39 is 0 Å². The number of rotatable bonds is 7. The van der Waals surface area contributed by atoms with Crippen LogP contribution in [0.5, 0.6) is 0 Å². The molecule has 1 aliphatic rings. The average Bonchev–Trinajstić information content (AvgIpc) is 2.41. The van der Waals surface area contributed by atoms with E-state index in [2.05, 4.69) is 19.1 Å². The van der Waals surface area contributed by atoms with Gasteiger partial charge in [-0.1, -0.05) is 43.7 Å². The molecule has 1 fully saturated rings. The molecule has 1 amide bonds. The molecule has 1 unspecified atom stereocenters. The van der Waals surface area contributed by atoms with Crippen LogP contribution in [0.4, 0.5) is 0 Å². The number of unbranched alkanes of at least 4 members (excludes halogenated alkanes) is 1. The number of hydrogen-bond acceptors (Lipinski definition) is 2. The summed E-state index contributed by atoms with van der Waals surface area (Å²) < 4.78 is 5.91. The van der Waals surface area contributed by atoms with Crippen LogP contribution in [0.25, 0.3) is 0 Å². The first-order valence-corrected chi connectivity index (χ1v) is 6.76. The zero-order valence-electron chi connectivity index (χ0n) is 11.0. The van der Waals surface area contributed by atoms with E-state index in [-0.39, 0.29) is 12.1 Å². The molecule has 1 aromatic rings. The monoisotopic (exact) mass is 247 g/mol. The molecule has 3 heteroatoms. The largest absolute Gasteiger partial charge is 0.354 e. The molecular formula is C15H21NO2. The van der Waals surface area contributed by atoms with Crippen molar-refractivity contribution in [2.24, 2.45) is 0 Å². The summed E-state index contributed by atoms with van der Waals surface area (Å²) in [5.74, 6) is 0.226. The first kappa shape index (κ1) is 13.1. The van der Waals surface area contributed by atoms with Crippen molar-refractivity contribution in [1.29, 1.82) is 0 Å². The standard InChI is InChI=1S/C15H21NO2/c1-2-3-9-15(16-11-10-14(16)17)18-12-13-7-5-4-6-8-13/h4-8,15H,2-3,9-12H2,1H3. The van der Waals surface area contributed by atoms with Crippen LogP contribution in [-0.4, -0.2) is 23.6 Å². The highest BCUT2D eigenvalue weighted by Gasteiger charge is 2.31. The van der Waals surface area contributed by atoms with Gasteiger partial charge in [0, 0.05) is 13.0 Å². The predicted molar refractivity (Wildman–Crippen MR) is 70.9 cm³/mol. The van der Waals surface area contributed by atoms with Gasteiger partial charge in [0.25, 0.3) is 0 Å². The number of carbonyl (C=O) groups excluding carboxylic acids is 1. The quantitative estimate of drug-likeness (QED) is 0.693. The van der Waals surface area contributed by atoms with Gasteiger partial charge in [0.1, 0.15) is 6.23 Å². The summed E-state index contributed by atoms with van der Waals surface area (Å²) in [7, 11) is 0. The van der Waals surface area contributed by atoms with Crippen LogP contribution in [0.3, 0.4) is 0 Å². The van der Waals surface area contributed by atoms with E-state index in [1.54, 1.807) is 0 Å². The number of carbonyl (C=O) groups is 1. The zero-order chi connectivity index (χ0) is 12.8. The average molecular weight is 247 g/mol. The summed E-state index contributed by atoms with van der Waals surface area (Å²) in [5, 5.41) is 0. The number of hydrogen-bond donors (Lipinski definition) is 0. The summed E-state index contributed by atoms with van der Waals surface area (Å²) in [6.45, 7) is 3.59. The maximum atomic E-state index is 11.5. The van der Waals surface area contributed by atoms with Gasteiger partial charge in [-0.05, 0) is 18.4 Å². The number of β-lactam (4-membered cyclic amide) rings is 1. The Balaban J connectivity index is 1.86. The minimum Gasteiger partial charge on any atom is -0.354 e. The fourth-order valence-electron chi connectivity index (χ4n) is 2.11. The molecule has 0 radical (unpaired) electrons. The lowest BCUT2D eigenvalue weighted by Gasteiger charge is -2.38. The van der Waals surface area contributed by atoms with Gasteiger partial charge in [-0.3, -0.25) is 4.79 Å². The second-order valence-electron chi connectivity index (χ2n) is 4.73. The highest BCUT2D eigenvalue weighted by atomic mass is 16.5. The van der Waals surface area contributed by atoms with E-state index >= 15 is 0 Å². The molecule has 0 saturated carbocycles. The molecule has 18 heavy (non-hydrogen) atoms. The van der Waals surface area contributed by atoms with E-state index in [1.165, 1.54) is 0 Å². The fourth-order valence-corrected chi connectivity index (χ4v) is 2.11. The van der Waals surface area contributed by atoms with E-state index in [9.17, 15) is 4.79 Å². The number of benzene rings is 1. The molecule has 0 spiro atoms. The van der Waals surface area contributed by atoms with Crippen molar-refractivity contribution in [3.05, 3.63) is 35.9 Å². The van der Waals surface area contributed by atoms with Gasteiger partial charge in [-0.25, -0.2) is 0 Å². The molecule has 1 atom stereocenters. The normalized spacial score (nSPS) is 16.5. The molecule has 0 aromatic heterocycles. The van der Waals surface area contributed by atoms with Gasteiger partial charge in [-0.15, -0.1) is 0 Å². The molecule has 98 valence electrons. The molecule has 3 nitrogen and oxygen atoms in total. The van der Waals surface area contributed by atoms with E-state index in [4.69, 9.17) is 4.74 Å². The first-order valence-electron chi connectivity index (χ1n) is 6.76. The van der Waals surface area contributed by atoms with Crippen molar-refractivity contribution < 1.29 is 9.53 Å². The number of nitrogens with zero attached hydrogens (tertiary/aromatic N) is 1. The third kappa shape index (κ3) is 3.33. The fraction of sp³-hybridized carbons (Fsp3) is 0.533. The van der Waals surface area contributed by atoms with Gasteiger partial charge in [0.15, 0.2) is 0 Å². The lowest BCUT2D eigenvalue weighted by atomic mass is 10.1. The zero-order valence-corrected chi connectivity index (χ0v) is 11.0. The molecule has 1 saturated heterocycles. The minimum absolute atomic E-state index is 0.0357. The topological polar surface area (TPSA) is 29.5 Å². The highest BCUT2D eigenvalue weighted by molar-refractivity contribution is 5.81. The second-order valence-corrected chi connectivity index (χ2v) is 4.73. The van der Waals surface area contributed by atoms with E-state index in [1.807, 2.05) is 23.1 Å². The van der Waals surface area contributed by atoms with Gasteiger partial charge >= 0.3 is 0 Å². The van der Waals surface area contributed by atoms with Gasteiger partial charge in [-0.2, -0.15) is 0 Å². The van der Waals surface area contributed by atoms with Crippen LogP contribution in [0, 0.1) is 0 Å². The SMILES string of the molecule is CCCCC(OCc1ccccc1)N1CCC1=O. The second kappa shape index (κ2) is 6.55. The van der Waals surface area contributed by atoms with Crippen LogP contribution in [0.2, 0.25) is 0 Å². The van der Waals surface area contributed by atoms with Crippen LogP contribution >= 0.6 is 0 Å². The molecule has 0 N–H and O–H groups in total. The third-order valence-corrected chi connectivity index (χ3v) is 3.32. The Bertz CT molecular complexity index is 377. The molecular weight excluding hydrogens is 226 g/mol. The summed E-state index contributed by atoms with van der Waals surface area (Å²) >= 11 is 0. The lowest BCUT2D eigenvalue weighted by molar-refractivity contribution is -0.162. The summed E-state index contributed by atoms with van der Waals surface area (Å²) in [6.07, 6.45) is 3.81. The van der Waals surface area contributed by atoms with Crippen molar-refractivity contribution in [2.45, 2.75) is 45.4 Å². The Morgan fingerprint density at radius 3 is 2.67 bits per heavy atom. The smallest absolute Gasteiger partial charge is 0.226 e. The molecule has 1 heterocycles. The Kier molecular flexibility index (Phi) is 4.76. The van der Waals surface area contributed by atoms with E-state index in [0.717, 1.165) is 31.4 Å². The highest BCUT2D eigenvalue weighted by Crippen LogP contribution is 2.20. The number of ether oxygens (including phenoxy) is 1. The van der Waals surface area contributed by atoms with Crippen molar-refractivity contribution in [3.8, 4) is 0 Å². The van der Waals surface area contributed by atoms with Crippen molar-refractivity contribution >= 4 is 5.91 Å². The van der Waals surface area contributed by atoms with Crippen molar-refractivity contribution in [2.75, 3.05) is 6.54 Å². The van der Waals surface area contributed by atoms with Crippen LogP contribution in [0.1, 0.15) is 38.2 Å². The summed E-state index contributed by atoms with van der Waals surface area (Å²) in [4.78, 5) is 13.4. The summed E-state index contributed by atoms with van der Waals surface area (Å²) in [5.41, 5.74) is 1.16. The van der Waals surface area contributed by atoms with Crippen LogP contribution in [0.15, 0.2) is 30.3 Å². The molecule has 0 aliphatic carbocycles. The molecule has 0 bridgehead atoms. The minimum atomic E-state index is -0.0357. The number of likely N-dealkylation sites (tertiary alicyclic amines) is 1. The predicted octanol–water partition coefficient (Wildman–Crippen LogP) is 2.95. The third-order valence-electron chi connectivity index (χ3n) is 3.32. The summed E-state index contributed by atoms with van der Waals surface area (Å²) in [6, 6.07) is 10.1. The van der Waals surface area contributed by atoms with Crippen LogP contribution < -0.4 is 0 Å². The van der Waals surface area contributed by atoms with Crippen molar-refractivity contribution in [1.82, 2.24) is 4.90 Å². The van der Waals surface area contributed by atoms with Crippen LogP contribution in [-0.2, 0) is 16.1 Å². The Hall–Kier alpha value is -1.35. The lowest BCUT2D eigenvalue weighted by Crippen LogP contribution is -2.50. The Labute approximate surface area is 109 Å². The van der Waals surface area contributed by atoms with E-state index in [0.29, 0.717) is 13.0 Å². The van der Waals surface area contributed by atoms with Gasteiger partial charge in [0.2, 0.25) is 5.91 Å². The first-order chi connectivity index (χ1) is 8.81. The molecule has 1 aliphatic heterocycles. The molecule has 1 aromatic carbocycles. The van der Waals surface area contributed by atoms with Crippen molar-refractivity contribution in [3.63, 3.8) is 0 Å². The molecule has 2 rings (SSSR count).